The van der Waals surface area contributed by atoms with Crippen molar-refractivity contribution in [2.75, 3.05) is 12.3 Å². The second kappa shape index (κ2) is 9.37. The molecule has 1 atom stereocenters. The number of benzene rings is 3. The van der Waals surface area contributed by atoms with Crippen molar-refractivity contribution >= 4 is 29.4 Å². The summed E-state index contributed by atoms with van der Waals surface area (Å²) in [6, 6.07) is 19.6. The highest BCUT2D eigenvalue weighted by atomic mass is 35.5. The molecule has 0 aliphatic carbocycles. The van der Waals surface area contributed by atoms with Crippen molar-refractivity contribution in [3.63, 3.8) is 0 Å². The van der Waals surface area contributed by atoms with E-state index in [0.29, 0.717) is 28.3 Å². The summed E-state index contributed by atoms with van der Waals surface area (Å²) in [5, 5.41) is 20.4. The number of anilines is 1. The quantitative estimate of drug-likeness (QED) is 0.344. The molecule has 29 heavy (non-hydrogen) atoms. The number of nitrogen functional groups attached to an aromatic ring is 1. The van der Waals surface area contributed by atoms with Gasteiger partial charge in [0.1, 0.15) is 0 Å². The van der Waals surface area contributed by atoms with Gasteiger partial charge in [-0.2, -0.15) is 0 Å². The Morgan fingerprint density at radius 1 is 1.10 bits per heavy atom. The fraction of sp³-hybridized carbons (Fsp3) is 0.130. The number of hydrogen-bond acceptors (Lipinski definition) is 4. The highest BCUT2D eigenvalue weighted by Crippen LogP contribution is 2.25. The lowest BCUT2D eigenvalue weighted by Crippen LogP contribution is -2.29. The molecule has 0 aliphatic heterocycles. The fourth-order valence-electron chi connectivity index (χ4n) is 3.14. The molecule has 0 spiro atoms. The maximum absolute atomic E-state index is 12.9. The molecule has 0 heterocycles. The molecule has 5 nitrogen and oxygen atoms in total. The minimum atomic E-state index is -0.351. The molecule has 3 rings (SSSR count). The zero-order valence-electron chi connectivity index (χ0n) is 15.7. The molecule has 0 aromatic heterocycles. The number of hydrogen-bond donors (Lipinski definition) is 4. The molecule has 3 aromatic carbocycles. The smallest absolute Gasteiger partial charge is 0.251 e. The van der Waals surface area contributed by atoms with Gasteiger partial charge in [-0.15, -0.1) is 0 Å². The van der Waals surface area contributed by atoms with Gasteiger partial charge in [-0.05, 0) is 59.5 Å². The Hall–Kier alpha value is -3.15. The van der Waals surface area contributed by atoms with Gasteiger partial charge in [-0.3, -0.25) is 4.79 Å². The number of halogens is 1. The molecule has 3 aromatic rings. The first-order valence-electron chi connectivity index (χ1n) is 9.19. The van der Waals surface area contributed by atoms with Crippen molar-refractivity contribution in [3.8, 4) is 11.1 Å². The van der Waals surface area contributed by atoms with E-state index in [1.165, 1.54) is 6.21 Å². The van der Waals surface area contributed by atoms with Gasteiger partial charge in [-0.25, -0.2) is 0 Å². The van der Waals surface area contributed by atoms with E-state index in [2.05, 4.69) is 5.32 Å². The van der Waals surface area contributed by atoms with E-state index in [1.54, 1.807) is 30.3 Å². The minimum Gasteiger partial charge on any atom is -0.398 e. The third kappa shape index (κ3) is 5.02. The predicted octanol–water partition coefficient (Wildman–Crippen LogP) is 4.44. The van der Waals surface area contributed by atoms with Crippen molar-refractivity contribution in [2.24, 2.45) is 0 Å². The summed E-state index contributed by atoms with van der Waals surface area (Å²) >= 11 is 6.07. The Kier molecular flexibility index (Phi) is 6.65. The van der Waals surface area contributed by atoms with Crippen LogP contribution in [0.15, 0.2) is 66.7 Å². The van der Waals surface area contributed by atoms with Gasteiger partial charge in [0.2, 0.25) is 0 Å². The summed E-state index contributed by atoms with van der Waals surface area (Å²) in [5.41, 5.74) is 10.1. The summed E-state index contributed by atoms with van der Waals surface area (Å²) in [6.07, 6.45) is 1.59. The molecule has 0 aliphatic rings. The van der Waals surface area contributed by atoms with Gasteiger partial charge in [0, 0.05) is 34.7 Å². The van der Waals surface area contributed by atoms with Crippen LogP contribution in [0.4, 0.5) is 5.69 Å². The van der Waals surface area contributed by atoms with Crippen LogP contribution in [0.25, 0.3) is 11.1 Å². The molecule has 0 fully saturated rings. The highest BCUT2D eigenvalue weighted by Gasteiger charge is 2.16. The Morgan fingerprint density at radius 2 is 1.86 bits per heavy atom. The average molecular weight is 408 g/mol. The minimum absolute atomic E-state index is 0.0602. The van der Waals surface area contributed by atoms with E-state index in [4.69, 9.17) is 22.7 Å². The van der Waals surface area contributed by atoms with E-state index in [0.717, 1.165) is 16.7 Å². The number of rotatable bonds is 7. The largest absolute Gasteiger partial charge is 0.398 e. The van der Waals surface area contributed by atoms with Crippen molar-refractivity contribution in [3.05, 3.63) is 88.4 Å². The lowest BCUT2D eigenvalue weighted by atomic mass is 9.99. The summed E-state index contributed by atoms with van der Waals surface area (Å²) in [7, 11) is 0. The number of aliphatic hydroxyl groups is 1. The first-order chi connectivity index (χ1) is 14.0. The first-order valence-corrected chi connectivity index (χ1v) is 9.57. The van der Waals surface area contributed by atoms with Crippen LogP contribution in [0.5, 0.6) is 0 Å². The van der Waals surface area contributed by atoms with Gasteiger partial charge in [-0.1, -0.05) is 41.9 Å². The summed E-state index contributed by atoms with van der Waals surface area (Å²) < 4.78 is 0. The van der Waals surface area contributed by atoms with E-state index in [9.17, 15) is 9.90 Å². The standard InChI is InChI=1S/C23H22ClN3O2/c24-20-6-2-4-17(13-20)22(9-10-28)27-23(29)18-5-1-3-15(11-18)16-7-8-21(26)19(12-16)14-25/h1-8,11-14,22,25,28H,9-10,26H2,(H,27,29). The maximum Gasteiger partial charge on any atom is 0.251 e. The van der Waals surface area contributed by atoms with E-state index in [1.807, 2.05) is 36.4 Å². The predicted molar refractivity (Wildman–Crippen MR) is 118 cm³/mol. The van der Waals surface area contributed by atoms with Gasteiger partial charge >= 0.3 is 0 Å². The van der Waals surface area contributed by atoms with Crippen LogP contribution in [-0.2, 0) is 0 Å². The second-order valence-corrected chi connectivity index (χ2v) is 7.10. The molecule has 0 bridgehead atoms. The average Bonchev–Trinajstić information content (AvgIpc) is 2.74. The Bertz CT molecular complexity index is 1040. The van der Waals surface area contributed by atoms with Gasteiger partial charge < -0.3 is 21.6 Å². The Labute approximate surface area is 174 Å². The fourth-order valence-corrected chi connectivity index (χ4v) is 3.33. The molecule has 5 N–H and O–H groups in total. The van der Waals surface area contributed by atoms with E-state index >= 15 is 0 Å². The maximum atomic E-state index is 12.9. The Balaban J connectivity index is 1.85. The number of amides is 1. The van der Waals surface area contributed by atoms with Crippen molar-refractivity contribution in [1.29, 1.82) is 5.41 Å². The molecule has 0 saturated carbocycles. The number of carbonyl (C=O) groups is 1. The number of nitrogens with two attached hydrogens (primary N) is 1. The molecular weight excluding hydrogens is 386 g/mol. The highest BCUT2D eigenvalue weighted by molar-refractivity contribution is 6.30. The van der Waals surface area contributed by atoms with Crippen molar-refractivity contribution in [1.82, 2.24) is 5.32 Å². The zero-order valence-corrected chi connectivity index (χ0v) is 16.5. The van der Waals surface area contributed by atoms with E-state index < -0.39 is 0 Å². The molecule has 1 unspecified atom stereocenters. The molecule has 0 radical (unpaired) electrons. The number of carbonyl (C=O) groups excluding carboxylic acids is 1. The molecule has 1 amide bonds. The third-order valence-corrected chi connectivity index (χ3v) is 4.91. The van der Waals surface area contributed by atoms with Crippen molar-refractivity contribution in [2.45, 2.75) is 12.5 Å². The lowest BCUT2D eigenvalue weighted by molar-refractivity contribution is 0.0930. The van der Waals surface area contributed by atoms with Crippen LogP contribution < -0.4 is 11.1 Å². The van der Waals surface area contributed by atoms with Crippen LogP contribution in [0, 0.1) is 5.41 Å². The number of aliphatic hydroxyl groups excluding tert-OH is 1. The third-order valence-electron chi connectivity index (χ3n) is 4.67. The molecule has 6 heteroatoms. The van der Waals surface area contributed by atoms with Gasteiger partial charge in [0.25, 0.3) is 5.91 Å². The van der Waals surface area contributed by atoms with Crippen LogP contribution in [0.1, 0.15) is 33.9 Å². The van der Waals surface area contributed by atoms with Crippen LogP contribution in [-0.4, -0.2) is 23.8 Å². The summed E-state index contributed by atoms with van der Waals surface area (Å²) in [4.78, 5) is 12.9. The normalized spacial score (nSPS) is 11.7. The summed E-state index contributed by atoms with van der Waals surface area (Å²) in [6.45, 7) is -0.0602. The topological polar surface area (TPSA) is 99.2 Å². The van der Waals surface area contributed by atoms with Gasteiger partial charge in [0.05, 0.1) is 6.04 Å². The SMILES string of the molecule is N=Cc1cc(-c2cccc(C(=O)NC(CCO)c3cccc(Cl)c3)c2)ccc1N. The van der Waals surface area contributed by atoms with Gasteiger partial charge in [0.15, 0.2) is 0 Å². The molecular formula is C23H22ClN3O2. The lowest BCUT2D eigenvalue weighted by Gasteiger charge is -2.19. The second-order valence-electron chi connectivity index (χ2n) is 6.66. The zero-order chi connectivity index (χ0) is 20.8. The molecule has 148 valence electrons. The van der Waals surface area contributed by atoms with Crippen LogP contribution in [0.3, 0.4) is 0 Å². The summed E-state index contributed by atoms with van der Waals surface area (Å²) in [5.74, 6) is -0.243. The van der Waals surface area contributed by atoms with E-state index in [-0.39, 0.29) is 18.6 Å². The monoisotopic (exact) mass is 407 g/mol. The van der Waals surface area contributed by atoms with Crippen molar-refractivity contribution < 1.29 is 9.90 Å². The van der Waals surface area contributed by atoms with Crippen LogP contribution in [0.2, 0.25) is 5.02 Å². The molecule has 0 saturated heterocycles. The van der Waals surface area contributed by atoms with Crippen LogP contribution >= 0.6 is 11.6 Å². The first kappa shape index (κ1) is 20.6. The Morgan fingerprint density at radius 3 is 2.59 bits per heavy atom. The number of nitrogens with one attached hydrogen (secondary N) is 2.